The first kappa shape index (κ1) is 11.0. The summed E-state index contributed by atoms with van der Waals surface area (Å²) in [6, 6.07) is 5.91. The van der Waals surface area contributed by atoms with Crippen LogP contribution in [-0.2, 0) is 6.42 Å². The lowest BCUT2D eigenvalue weighted by Crippen LogP contribution is -2.07. The van der Waals surface area contributed by atoms with Gasteiger partial charge in [0.1, 0.15) is 12.1 Å². The fraction of sp³-hybridized carbons (Fsp3) is 0.182. The second-order valence-electron chi connectivity index (χ2n) is 3.22. The van der Waals surface area contributed by atoms with Gasteiger partial charge in [-0.25, -0.2) is 9.97 Å². The number of pyridine rings is 1. The van der Waals surface area contributed by atoms with E-state index in [2.05, 4.69) is 36.2 Å². The Morgan fingerprint density at radius 1 is 1.25 bits per heavy atom. The predicted octanol–water partition coefficient (Wildman–Crippen LogP) is 2.29. The van der Waals surface area contributed by atoms with E-state index in [1.54, 1.807) is 12.4 Å². The SMILES string of the molecule is Brc1cncnc1NCCc1ccccn1. The third-order valence-corrected chi connectivity index (χ3v) is 2.65. The first-order valence-corrected chi connectivity index (χ1v) is 5.75. The van der Waals surface area contributed by atoms with E-state index >= 15 is 0 Å². The van der Waals surface area contributed by atoms with Crippen molar-refractivity contribution in [2.24, 2.45) is 0 Å². The van der Waals surface area contributed by atoms with Gasteiger partial charge in [0.25, 0.3) is 0 Å². The Morgan fingerprint density at radius 3 is 2.94 bits per heavy atom. The molecule has 0 spiro atoms. The van der Waals surface area contributed by atoms with Crippen LogP contribution in [0.3, 0.4) is 0 Å². The van der Waals surface area contributed by atoms with E-state index in [9.17, 15) is 0 Å². The number of hydrogen-bond donors (Lipinski definition) is 1. The largest absolute Gasteiger partial charge is 0.369 e. The summed E-state index contributed by atoms with van der Waals surface area (Å²) in [7, 11) is 0. The average Bonchev–Trinajstić information content (AvgIpc) is 2.33. The second kappa shape index (κ2) is 5.55. The number of hydrogen-bond acceptors (Lipinski definition) is 4. The summed E-state index contributed by atoms with van der Waals surface area (Å²) in [5, 5.41) is 3.22. The summed E-state index contributed by atoms with van der Waals surface area (Å²) in [4.78, 5) is 12.3. The maximum Gasteiger partial charge on any atom is 0.143 e. The lowest BCUT2D eigenvalue weighted by atomic mass is 10.3. The number of nitrogens with zero attached hydrogens (tertiary/aromatic N) is 3. The molecular formula is C11H11BrN4. The van der Waals surface area contributed by atoms with E-state index in [1.807, 2.05) is 18.2 Å². The van der Waals surface area contributed by atoms with E-state index in [0.717, 1.165) is 29.0 Å². The molecule has 0 aliphatic rings. The number of rotatable bonds is 4. The van der Waals surface area contributed by atoms with Crippen LogP contribution in [0.5, 0.6) is 0 Å². The normalized spacial score (nSPS) is 10.1. The van der Waals surface area contributed by atoms with E-state index in [1.165, 1.54) is 6.33 Å². The fourth-order valence-electron chi connectivity index (χ4n) is 1.30. The van der Waals surface area contributed by atoms with Gasteiger partial charge in [0.05, 0.1) is 4.47 Å². The van der Waals surface area contributed by atoms with Crippen molar-refractivity contribution in [1.82, 2.24) is 15.0 Å². The molecule has 0 radical (unpaired) electrons. The smallest absolute Gasteiger partial charge is 0.143 e. The lowest BCUT2D eigenvalue weighted by molar-refractivity contribution is 0.949. The zero-order valence-corrected chi connectivity index (χ0v) is 10.2. The zero-order chi connectivity index (χ0) is 11.2. The van der Waals surface area contributed by atoms with Crippen molar-refractivity contribution in [3.05, 3.63) is 47.1 Å². The van der Waals surface area contributed by atoms with Crippen molar-refractivity contribution >= 4 is 21.7 Å². The first-order chi connectivity index (χ1) is 7.86. The summed E-state index contributed by atoms with van der Waals surface area (Å²) in [6.07, 6.45) is 5.91. The summed E-state index contributed by atoms with van der Waals surface area (Å²) < 4.78 is 0.871. The molecule has 0 unspecified atom stereocenters. The molecule has 0 fully saturated rings. The minimum Gasteiger partial charge on any atom is -0.369 e. The van der Waals surface area contributed by atoms with E-state index in [0.29, 0.717) is 0 Å². The Morgan fingerprint density at radius 2 is 2.19 bits per heavy atom. The molecule has 4 nitrogen and oxygen atoms in total. The maximum atomic E-state index is 4.25. The standard InChI is InChI=1S/C11H11BrN4/c12-10-7-13-8-16-11(10)15-6-4-9-3-1-2-5-14-9/h1-3,5,7-8H,4,6H2,(H,13,15,16). The van der Waals surface area contributed by atoms with E-state index < -0.39 is 0 Å². The van der Waals surface area contributed by atoms with Crippen molar-refractivity contribution in [2.75, 3.05) is 11.9 Å². The van der Waals surface area contributed by atoms with Gasteiger partial charge < -0.3 is 5.32 Å². The Hall–Kier alpha value is -1.49. The fourth-order valence-corrected chi connectivity index (χ4v) is 1.66. The van der Waals surface area contributed by atoms with Crippen molar-refractivity contribution in [1.29, 1.82) is 0 Å². The van der Waals surface area contributed by atoms with Gasteiger partial charge in [-0.05, 0) is 28.1 Å². The highest BCUT2D eigenvalue weighted by Gasteiger charge is 1.99. The first-order valence-electron chi connectivity index (χ1n) is 4.95. The van der Waals surface area contributed by atoms with Gasteiger partial charge in [-0.1, -0.05) is 6.07 Å². The van der Waals surface area contributed by atoms with E-state index in [-0.39, 0.29) is 0 Å². The zero-order valence-electron chi connectivity index (χ0n) is 8.60. The Bertz CT molecular complexity index is 447. The number of halogens is 1. The summed E-state index contributed by atoms with van der Waals surface area (Å²) in [5.74, 6) is 0.811. The molecule has 0 atom stereocenters. The molecule has 5 heteroatoms. The average molecular weight is 279 g/mol. The highest BCUT2D eigenvalue weighted by atomic mass is 79.9. The van der Waals surface area contributed by atoms with Crippen LogP contribution in [-0.4, -0.2) is 21.5 Å². The Balaban J connectivity index is 1.87. The molecule has 0 saturated carbocycles. The third-order valence-electron chi connectivity index (χ3n) is 2.07. The highest BCUT2D eigenvalue weighted by Crippen LogP contribution is 2.16. The molecule has 0 aromatic carbocycles. The molecule has 2 rings (SSSR count). The summed E-state index contributed by atoms with van der Waals surface area (Å²) >= 11 is 3.38. The van der Waals surface area contributed by atoms with Crippen LogP contribution in [0.15, 0.2) is 41.4 Å². The van der Waals surface area contributed by atoms with Gasteiger partial charge in [0.15, 0.2) is 0 Å². The van der Waals surface area contributed by atoms with Gasteiger partial charge in [-0.2, -0.15) is 0 Å². The minimum atomic E-state index is 0.798. The van der Waals surface area contributed by atoms with Gasteiger partial charge >= 0.3 is 0 Å². The quantitative estimate of drug-likeness (QED) is 0.933. The second-order valence-corrected chi connectivity index (χ2v) is 4.07. The van der Waals surface area contributed by atoms with Crippen molar-refractivity contribution in [3.8, 4) is 0 Å². The number of aromatic nitrogens is 3. The monoisotopic (exact) mass is 278 g/mol. The third kappa shape index (κ3) is 3.00. The molecule has 82 valence electrons. The van der Waals surface area contributed by atoms with Crippen molar-refractivity contribution in [3.63, 3.8) is 0 Å². The maximum absolute atomic E-state index is 4.25. The molecule has 0 saturated heterocycles. The van der Waals surface area contributed by atoms with Crippen LogP contribution in [0.1, 0.15) is 5.69 Å². The topological polar surface area (TPSA) is 50.7 Å². The minimum absolute atomic E-state index is 0.798. The summed E-state index contributed by atoms with van der Waals surface area (Å²) in [6.45, 7) is 0.798. The highest BCUT2D eigenvalue weighted by molar-refractivity contribution is 9.10. The van der Waals surface area contributed by atoms with E-state index in [4.69, 9.17) is 0 Å². The van der Waals surface area contributed by atoms with Crippen LogP contribution in [0.25, 0.3) is 0 Å². The Labute approximate surface area is 102 Å². The lowest BCUT2D eigenvalue weighted by Gasteiger charge is -2.05. The van der Waals surface area contributed by atoms with Crippen LogP contribution in [0, 0.1) is 0 Å². The van der Waals surface area contributed by atoms with Crippen LogP contribution < -0.4 is 5.32 Å². The van der Waals surface area contributed by atoms with Gasteiger partial charge in [-0.3, -0.25) is 4.98 Å². The van der Waals surface area contributed by atoms with Crippen LogP contribution in [0.2, 0.25) is 0 Å². The molecule has 16 heavy (non-hydrogen) atoms. The molecule has 2 aromatic heterocycles. The molecule has 2 aromatic rings. The van der Waals surface area contributed by atoms with Gasteiger partial charge in [0.2, 0.25) is 0 Å². The summed E-state index contributed by atoms with van der Waals surface area (Å²) in [5.41, 5.74) is 1.07. The van der Waals surface area contributed by atoms with Gasteiger partial charge in [-0.15, -0.1) is 0 Å². The van der Waals surface area contributed by atoms with Crippen molar-refractivity contribution < 1.29 is 0 Å². The molecule has 0 aliphatic heterocycles. The number of anilines is 1. The van der Waals surface area contributed by atoms with Crippen molar-refractivity contribution in [2.45, 2.75) is 6.42 Å². The number of nitrogens with one attached hydrogen (secondary N) is 1. The molecular weight excluding hydrogens is 268 g/mol. The molecule has 0 amide bonds. The van der Waals surface area contributed by atoms with Crippen LogP contribution >= 0.6 is 15.9 Å². The Kier molecular flexibility index (Phi) is 3.82. The van der Waals surface area contributed by atoms with Crippen LogP contribution in [0.4, 0.5) is 5.82 Å². The van der Waals surface area contributed by atoms with Gasteiger partial charge in [0, 0.05) is 31.1 Å². The molecule has 0 bridgehead atoms. The molecule has 2 heterocycles. The molecule has 1 N–H and O–H groups in total. The predicted molar refractivity (Wildman–Crippen MR) is 66.2 cm³/mol. The molecule has 0 aliphatic carbocycles.